The van der Waals surface area contributed by atoms with E-state index in [1.807, 2.05) is 48.2 Å². The number of non-ortho nitro benzene ring substituents is 1. The van der Waals surface area contributed by atoms with E-state index in [9.17, 15) is 24.5 Å². The average Bonchev–Trinajstić information content (AvgIpc) is 3.49. The maximum absolute atomic E-state index is 14.9. The Bertz CT molecular complexity index is 1960. The molecule has 44 heavy (non-hydrogen) atoms. The fourth-order valence-electron chi connectivity index (χ4n) is 7.16. The summed E-state index contributed by atoms with van der Waals surface area (Å²) in [5.41, 5.74) is 2.24. The molecule has 3 heterocycles. The summed E-state index contributed by atoms with van der Waals surface area (Å²) in [7, 11) is 0. The highest BCUT2D eigenvalue weighted by molar-refractivity contribution is 6.37. The largest absolute Gasteiger partial charge is 0.352 e. The van der Waals surface area contributed by atoms with E-state index in [4.69, 9.17) is 23.2 Å². The minimum Gasteiger partial charge on any atom is -0.352 e. The second-order valence-corrected chi connectivity index (χ2v) is 12.0. The number of anilines is 2. The number of fused-ring (bicyclic) bond motifs is 6. The van der Waals surface area contributed by atoms with Gasteiger partial charge in [0.05, 0.1) is 21.9 Å². The van der Waals surface area contributed by atoms with Crippen molar-refractivity contribution in [1.29, 1.82) is 0 Å². The highest BCUT2D eigenvalue weighted by atomic mass is 35.5. The number of para-hydroxylation sites is 2. The number of Topliss-reactive ketones (excluding diaryl/α,β-unsaturated/α-hetero) is 2. The SMILES string of the molecule is CC1=C[C@@H]2N(c3ccccc31)[C@@H](C(=O)c1ccc([N+](=O)[O-])cc1)[C@H](C(=O)c1ccc(Cl)cc1Cl)[C@@]21C(=O)Nc2ccccc21. The lowest BCUT2D eigenvalue weighted by molar-refractivity contribution is -0.384. The summed E-state index contributed by atoms with van der Waals surface area (Å²) in [6.45, 7) is 1.95. The van der Waals surface area contributed by atoms with Crippen LogP contribution in [0.15, 0.2) is 97.1 Å². The molecule has 1 N–H and O–H groups in total. The molecule has 4 atom stereocenters. The van der Waals surface area contributed by atoms with Gasteiger partial charge in [0, 0.05) is 45.2 Å². The van der Waals surface area contributed by atoms with Crippen LogP contribution in [0.5, 0.6) is 0 Å². The van der Waals surface area contributed by atoms with Gasteiger partial charge >= 0.3 is 0 Å². The molecule has 0 bridgehead atoms. The number of hydrogen-bond donors (Lipinski definition) is 1. The number of hydrogen-bond acceptors (Lipinski definition) is 6. The quantitative estimate of drug-likeness (QED) is 0.144. The molecule has 4 aromatic carbocycles. The average molecular weight is 624 g/mol. The van der Waals surface area contributed by atoms with Crippen LogP contribution >= 0.6 is 23.2 Å². The number of benzene rings is 4. The van der Waals surface area contributed by atoms with Crippen LogP contribution in [0.2, 0.25) is 10.0 Å². The van der Waals surface area contributed by atoms with Gasteiger partial charge in [-0.3, -0.25) is 24.5 Å². The topological polar surface area (TPSA) is 110 Å². The molecule has 10 heteroatoms. The third kappa shape index (κ3) is 3.87. The van der Waals surface area contributed by atoms with Crippen molar-refractivity contribution in [1.82, 2.24) is 0 Å². The van der Waals surface area contributed by atoms with Crippen molar-refractivity contribution in [3.05, 3.63) is 139 Å². The Hall–Kier alpha value is -4.79. The standard InChI is InChI=1S/C34H23Cl2N3O5/c1-18-16-28-34(24-7-3-4-8-26(24)37-33(34)42)29(32(41)23-15-12-20(35)17-25(23)36)30(38(28)27-9-5-2-6-22(18)27)31(40)19-10-13-21(14-11-19)39(43)44/h2-17,28-30H,1H3,(H,37,42)/t28-,29+,30+,34-/m0/s1. The number of nitro benzene ring substituents is 1. The molecule has 7 rings (SSSR count). The number of allylic oxidation sites excluding steroid dienone is 1. The van der Waals surface area contributed by atoms with Crippen molar-refractivity contribution in [3.63, 3.8) is 0 Å². The fourth-order valence-corrected chi connectivity index (χ4v) is 7.66. The number of nitrogens with one attached hydrogen (secondary N) is 1. The van der Waals surface area contributed by atoms with Gasteiger partial charge in [-0.15, -0.1) is 0 Å². The fraction of sp³-hybridized carbons (Fsp3) is 0.147. The van der Waals surface area contributed by atoms with Crippen LogP contribution in [0.25, 0.3) is 5.57 Å². The van der Waals surface area contributed by atoms with E-state index in [0.29, 0.717) is 22.0 Å². The Labute approximate surface area is 262 Å². The Kier molecular flexibility index (Phi) is 6.46. The second-order valence-electron chi connectivity index (χ2n) is 11.2. The van der Waals surface area contributed by atoms with E-state index in [-0.39, 0.29) is 21.8 Å². The number of nitro groups is 1. The maximum atomic E-state index is 14.9. The minimum atomic E-state index is -1.52. The number of amides is 1. The van der Waals surface area contributed by atoms with Crippen LogP contribution in [0, 0.1) is 16.0 Å². The highest BCUT2D eigenvalue weighted by Crippen LogP contribution is 2.59. The van der Waals surface area contributed by atoms with Gasteiger partial charge in [0.2, 0.25) is 5.91 Å². The first-order chi connectivity index (χ1) is 21.1. The maximum Gasteiger partial charge on any atom is 0.269 e. The molecule has 1 amide bonds. The lowest BCUT2D eigenvalue weighted by atomic mass is 9.64. The lowest BCUT2D eigenvalue weighted by Gasteiger charge is -2.39. The first kappa shape index (κ1) is 28.0. The molecule has 0 aliphatic carbocycles. The number of nitrogens with zero attached hydrogens (tertiary/aromatic N) is 2. The number of carbonyl (C=O) groups is 3. The van der Waals surface area contributed by atoms with Crippen LogP contribution in [0.1, 0.15) is 38.8 Å². The number of rotatable bonds is 5. The van der Waals surface area contributed by atoms with Gasteiger partial charge in [-0.2, -0.15) is 0 Å². The van der Waals surface area contributed by atoms with Crippen molar-refractivity contribution < 1.29 is 19.3 Å². The van der Waals surface area contributed by atoms with Crippen molar-refractivity contribution in [2.24, 2.45) is 5.92 Å². The van der Waals surface area contributed by atoms with Crippen molar-refractivity contribution in [2.75, 3.05) is 10.2 Å². The van der Waals surface area contributed by atoms with Gasteiger partial charge in [0.1, 0.15) is 11.5 Å². The van der Waals surface area contributed by atoms with Gasteiger partial charge in [-0.25, -0.2) is 0 Å². The number of ketones is 2. The zero-order valence-electron chi connectivity index (χ0n) is 23.2. The summed E-state index contributed by atoms with van der Waals surface area (Å²) < 4.78 is 0. The number of carbonyl (C=O) groups excluding carboxylic acids is 3. The molecule has 0 unspecified atom stereocenters. The molecule has 3 aliphatic rings. The molecular formula is C34H23Cl2N3O5. The molecule has 0 aromatic heterocycles. The summed E-state index contributed by atoms with van der Waals surface area (Å²) in [5.74, 6) is -2.59. The highest BCUT2D eigenvalue weighted by Gasteiger charge is 2.70. The predicted octanol–water partition coefficient (Wildman–Crippen LogP) is 7.15. The first-order valence-electron chi connectivity index (χ1n) is 13.9. The monoisotopic (exact) mass is 623 g/mol. The smallest absolute Gasteiger partial charge is 0.269 e. The Morgan fingerprint density at radius 1 is 0.932 bits per heavy atom. The van der Waals surface area contributed by atoms with Crippen LogP contribution < -0.4 is 10.2 Å². The van der Waals surface area contributed by atoms with Gasteiger partial charge in [-0.05, 0) is 60.5 Å². The summed E-state index contributed by atoms with van der Waals surface area (Å²) in [6.07, 6.45) is 1.96. The second kappa shape index (κ2) is 10.1. The Balaban J connectivity index is 1.54. The molecule has 218 valence electrons. The van der Waals surface area contributed by atoms with E-state index >= 15 is 0 Å². The molecule has 3 aliphatic heterocycles. The van der Waals surface area contributed by atoms with Crippen LogP contribution in [-0.2, 0) is 10.2 Å². The molecule has 1 spiro atoms. The Morgan fingerprint density at radius 3 is 2.36 bits per heavy atom. The van der Waals surface area contributed by atoms with Crippen LogP contribution in [-0.4, -0.2) is 34.5 Å². The molecule has 4 aromatic rings. The summed E-state index contributed by atoms with van der Waals surface area (Å²) >= 11 is 12.8. The van der Waals surface area contributed by atoms with Crippen LogP contribution in [0.4, 0.5) is 17.1 Å². The molecule has 8 nitrogen and oxygen atoms in total. The van der Waals surface area contributed by atoms with Crippen molar-refractivity contribution >= 4 is 63.3 Å². The third-order valence-corrected chi connectivity index (χ3v) is 9.54. The molecule has 0 radical (unpaired) electrons. The lowest BCUT2D eigenvalue weighted by Crippen LogP contribution is -2.51. The zero-order chi connectivity index (χ0) is 30.9. The summed E-state index contributed by atoms with van der Waals surface area (Å²) in [5, 5.41) is 14.8. The molecular weight excluding hydrogens is 601 g/mol. The zero-order valence-corrected chi connectivity index (χ0v) is 24.7. The Morgan fingerprint density at radius 2 is 1.64 bits per heavy atom. The summed E-state index contributed by atoms with van der Waals surface area (Å²) in [4.78, 5) is 56.8. The van der Waals surface area contributed by atoms with Crippen molar-refractivity contribution in [2.45, 2.75) is 24.4 Å². The third-order valence-electron chi connectivity index (χ3n) is 8.99. The minimum absolute atomic E-state index is 0.0999. The molecule has 0 saturated carbocycles. The van der Waals surface area contributed by atoms with Gasteiger partial charge in [0.15, 0.2) is 11.6 Å². The van der Waals surface area contributed by atoms with Gasteiger partial charge in [0.25, 0.3) is 5.69 Å². The van der Waals surface area contributed by atoms with E-state index < -0.39 is 45.8 Å². The molecule has 1 saturated heterocycles. The van der Waals surface area contributed by atoms with Crippen LogP contribution in [0.3, 0.4) is 0 Å². The summed E-state index contributed by atoms with van der Waals surface area (Å²) in [6, 6.07) is 22.7. The normalized spacial score (nSPS) is 23.0. The number of halogens is 2. The predicted molar refractivity (Wildman–Crippen MR) is 169 cm³/mol. The van der Waals surface area contributed by atoms with Gasteiger partial charge in [-0.1, -0.05) is 65.7 Å². The van der Waals surface area contributed by atoms with E-state index in [0.717, 1.165) is 11.1 Å². The van der Waals surface area contributed by atoms with E-state index in [2.05, 4.69) is 5.32 Å². The van der Waals surface area contributed by atoms with Gasteiger partial charge < -0.3 is 10.2 Å². The molecule has 1 fully saturated rings. The van der Waals surface area contributed by atoms with E-state index in [1.165, 1.54) is 36.4 Å². The van der Waals surface area contributed by atoms with E-state index in [1.54, 1.807) is 24.3 Å². The van der Waals surface area contributed by atoms with Crippen molar-refractivity contribution in [3.8, 4) is 0 Å². The first-order valence-corrected chi connectivity index (χ1v) is 14.6.